The second-order valence-electron chi connectivity index (χ2n) is 9.53. The van der Waals surface area contributed by atoms with Gasteiger partial charge in [0.1, 0.15) is 24.9 Å². The lowest BCUT2D eigenvalue weighted by molar-refractivity contribution is -0.249. The molecule has 9 nitrogen and oxygen atoms in total. The number of pyridine rings is 1. The molecule has 1 aliphatic heterocycles. The number of halogens is 1. The smallest absolute Gasteiger partial charge is 0.303 e. The number of nitrogens with zero attached hydrogens (tertiary/aromatic N) is 1. The molecule has 1 aliphatic rings. The van der Waals surface area contributed by atoms with E-state index >= 15 is 0 Å². The molecule has 1 saturated heterocycles. The van der Waals surface area contributed by atoms with E-state index in [1.54, 1.807) is 17.4 Å². The van der Waals surface area contributed by atoms with Gasteiger partial charge in [0.05, 0.1) is 0 Å². The number of benzene rings is 1. The highest BCUT2D eigenvalue weighted by atomic mass is 32.1. The summed E-state index contributed by atoms with van der Waals surface area (Å²) in [5.41, 5.74) is 3.43. The van der Waals surface area contributed by atoms with E-state index < -0.39 is 54.4 Å². The lowest BCUT2D eigenvalue weighted by atomic mass is 9.89. The Balaban J connectivity index is 1.65. The minimum atomic E-state index is -1.42. The number of carbonyl (C=O) groups excluding carboxylic acids is 3. The highest BCUT2D eigenvalue weighted by molar-refractivity contribution is 7.15. The minimum absolute atomic E-state index is 0.285. The lowest BCUT2D eigenvalue weighted by Crippen LogP contribution is -2.58. The molecule has 0 amide bonds. The number of aromatic nitrogens is 1. The minimum Gasteiger partial charge on any atom is -0.463 e. The molecule has 11 heteroatoms. The van der Waals surface area contributed by atoms with Crippen LogP contribution in [0.5, 0.6) is 0 Å². The topological polar surface area (TPSA) is 121 Å². The maximum atomic E-state index is 13.2. The molecule has 5 atom stereocenters. The van der Waals surface area contributed by atoms with E-state index in [2.05, 4.69) is 4.98 Å². The van der Waals surface area contributed by atoms with Gasteiger partial charge in [0.25, 0.3) is 0 Å². The highest BCUT2D eigenvalue weighted by Gasteiger charge is 2.50. The Kier molecular flexibility index (Phi) is 9.28. The Morgan fingerprint density at radius 2 is 1.73 bits per heavy atom. The molecule has 0 bridgehead atoms. The first-order valence-corrected chi connectivity index (χ1v) is 13.4. The van der Waals surface area contributed by atoms with Gasteiger partial charge in [-0.2, -0.15) is 4.39 Å². The van der Waals surface area contributed by atoms with Crippen molar-refractivity contribution in [1.29, 1.82) is 0 Å². The van der Waals surface area contributed by atoms with Gasteiger partial charge in [0, 0.05) is 48.7 Å². The van der Waals surface area contributed by atoms with Crippen LogP contribution in [-0.4, -0.2) is 59.0 Å². The van der Waals surface area contributed by atoms with Gasteiger partial charge >= 0.3 is 17.9 Å². The van der Waals surface area contributed by atoms with Crippen LogP contribution in [0.4, 0.5) is 4.39 Å². The number of aliphatic hydroxyl groups is 1. The third-order valence-electron chi connectivity index (χ3n) is 6.46. The van der Waals surface area contributed by atoms with Crippen molar-refractivity contribution < 1.29 is 42.8 Å². The van der Waals surface area contributed by atoms with Gasteiger partial charge in [-0.3, -0.25) is 14.4 Å². The molecule has 0 saturated carbocycles. The third-order valence-corrected chi connectivity index (χ3v) is 7.59. The number of esters is 3. The van der Waals surface area contributed by atoms with Crippen molar-refractivity contribution in [3.63, 3.8) is 0 Å². The quantitative estimate of drug-likeness (QED) is 0.242. The fourth-order valence-electron chi connectivity index (χ4n) is 4.58. The van der Waals surface area contributed by atoms with E-state index in [-0.39, 0.29) is 6.61 Å². The maximum absolute atomic E-state index is 13.2. The first-order valence-electron chi connectivity index (χ1n) is 12.6. The van der Waals surface area contributed by atoms with Gasteiger partial charge in [-0.05, 0) is 47.9 Å². The monoisotopic (exact) mass is 571 g/mol. The summed E-state index contributed by atoms with van der Waals surface area (Å²) in [6.07, 6.45) is -3.72. The molecule has 212 valence electrons. The first kappa shape index (κ1) is 29.3. The second-order valence-corrected chi connectivity index (χ2v) is 10.7. The van der Waals surface area contributed by atoms with Crippen molar-refractivity contribution in [3.05, 3.63) is 76.2 Å². The molecule has 1 aromatic carbocycles. The first-order chi connectivity index (χ1) is 19.0. The van der Waals surface area contributed by atoms with Crippen LogP contribution in [0.3, 0.4) is 0 Å². The summed E-state index contributed by atoms with van der Waals surface area (Å²) in [6, 6.07) is 12.6. The molecule has 4 rings (SSSR count). The molecule has 0 spiro atoms. The Hall–Kier alpha value is -3.67. The Labute approximate surface area is 234 Å². The third kappa shape index (κ3) is 7.09. The van der Waals surface area contributed by atoms with Gasteiger partial charge in [-0.1, -0.05) is 18.2 Å². The molecular weight excluding hydrogens is 541 g/mol. The van der Waals surface area contributed by atoms with Crippen LogP contribution in [0.1, 0.15) is 48.4 Å². The summed E-state index contributed by atoms with van der Waals surface area (Å²) in [7, 11) is 0. The number of aliphatic hydroxyl groups excluding tert-OH is 1. The average Bonchev–Trinajstić information content (AvgIpc) is 3.35. The number of carbonyl (C=O) groups is 3. The Morgan fingerprint density at radius 3 is 2.38 bits per heavy atom. The van der Waals surface area contributed by atoms with Gasteiger partial charge in [0.15, 0.2) is 12.2 Å². The molecule has 40 heavy (non-hydrogen) atoms. The van der Waals surface area contributed by atoms with Crippen LogP contribution in [-0.2, 0) is 39.8 Å². The van der Waals surface area contributed by atoms with Gasteiger partial charge in [-0.25, -0.2) is 4.98 Å². The Bertz CT molecular complexity index is 1370. The standard InChI is InChI=1S/C29H30FNO8S/c1-15-5-6-19(11-21(15)12-22-8-9-24(40-22)20-7-10-25(30)31-13-20)27-29(38-18(4)34)28(37-17(3)33)26(35)23(39-27)14-36-16(2)32/h5-11,13,23,26-29,35H,12,14H2,1-4H3. The number of aryl methyl sites for hydroxylation is 1. The van der Waals surface area contributed by atoms with Crippen LogP contribution < -0.4 is 0 Å². The van der Waals surface area contributed by atoms with Gasteiger partial charge in [0.2, 0.25) is 5.95 Å². The zero-order chi connectivity index (χ0) is 29.0. The summed E-state index contributed by atoms with van der Waals surface area (Å²) in [6.45, 7) is 5.31. The van der Waals surface area contributed by atoms with Crippen LogP contribution in [0, 0.1) is 12.9 Å². The van der Waals surface area contributed by atoms with Crippen molar-refractivity contribution in [2.75, 3.05) is 6.61 Å². The normalized spacial score (nSPS) is 22.4. The lowest BCUT2D eigenvalue weighted by Gasteiger charge is -2.43. The van der Waals surface area contributed by atoms with Crippen LogP contribution in [0.25, 0.3) is 10.4 Å². The largest absolute Gasteiger partial charge is 0.463 e. The summed E-state index contributed by atoms with van der Waals surface area (Å²) >= 11 is 1.56. The predicted molar refractivity (Wildman–Crippen MR) is 143 cm³/mol. The van der Waals surface area contributed by atoms with E-state index in [1.165, 1.54) is 33.0 Å². The molecule has 0 aliphatic carbocycles. The summed E-state index contributed by atoms with van der Waals surface area (Å²) in [4.78, 5) is 41.1. The van der Waals surface area contributed by atoms with Crippen LogP contribution >= 0.6 is 11.3 Å². The molecular formula is C29H30FNO8S. The predicted octanol–water partition coefficient (Wildman–Crippen LogP) is 4.08. The van der Waals surface area contributed by atoms with Crippen molar-refractivity contribution in [1.82, 2.24) is 4.98 Å². The fraction of sp³-hybridized carbons (Fsp3) is 0.379. The van der Waals surface area contributed by atoms with Gasteiger partial charge in [-0.15, -0.1) is 11.3 Å². The zero-order valence-electron chi connectivity index (χ0n) is 22.5. The van der Waals surface area contributed by atoms with Gasteiger partial charge < -0.3 is 24.1 Å². The van der Waals surface area contributed by atoms with Crippen molar-refractivity contribution in [2.24, 2.45) is 0 Å². The van der Waals surface area contributed by atoms with E-state index in [9.17, 15) is 23.9 Å². The van der Waals surface area contributed by atoms with E-state index in [4.69, 9.17) is 18.9 Å². The van der Waals surface area contributed by atoms with Crippen molar-refractivity contribution in [3.8, 4) is 10.4 Å². The number of hydrogen-bond acceptors (Lipinski definition) is 10. The van der Waals surface area contributed by atoms with E-state index in [1.807, 2.05) is 37.3 Å². The fourth-order valence-corrected chi connectivity index (χ4v) is 5.60. The van der Waals surface area contributed by atoms with E-state index in [0.717, 1.165) is 26.4 Å². The zero-order valence-corrected chi connectivity index (χ0v) is 23.3. The Morgan fingerprint density at radius 1 is 1.00 bits per heavy atom. The SMILES string of the molecule is CC(=O)OCC1OC(c2ccc(C)c(Cc3ccc(-c4ccc(F)nc4)s3)c2)C(OC(C)=O)C(OC(C)=O)C1O. The second kappa shape index (κ2) is 12.7. The maximum Gasteiger partial charge on any atom is 0.303 e. The van der Waals surface area contributed by atoms with Crippen molar-refractivity contribution in [2.45, 2.75) is 64.6 Å². The summed E-state index contributed by atoms with van der Waals surface area (Å²) < 4.78 is 35.4. The molecule has 3 heterocycles. The molecule has 5 unspecified atom stereocenters. The van der Waals surface area contributed by atoms with Crippen LogP contribution in [0.15, 0.2) is 48.7 Å². The van der Waals surface area contributed by atoms with Crippen LogP contribution in [0.2, 0.25) is 0 Å². The summed E-state index contributed by atoms with van der Waals surface area (Å²) in [5, 5.41) is 10.9. The highest BCUT2D eigenvalue weighted by Crippen LogP contribution is 2.38. The number of hydrogen-bond donors (Lipinski definition) is 1. The van der Waals surface area contributed by atoms with E-state index in [0.29, 0.717) is 12.0 Å². The molecule has 1 N–H and O–H groups in total. The van der Waals surface area contributed by atoms with Crippen molar-refractivity contribution >= 4 is 29.2 Å². The molecule has 3 aromatic rings. The molecule has 0 radical (unpaired) electrons. The average molecular weight is 572 g/mol. The summed E-state index contributed by atoms with van der Waals surface area (Å²) in [5.74, 6) is -2.43. The molecule has 1 fully saturated rings. The number of thiophene rings is 1. The number of ether oxygens (including phenoxy) is 4. The molecule has 2 aromatic heterocycles. The number of rotatable bonds is 8.